The van der Waals surface area contributed by atoms with Crippen LogP contribution < -0.4 is 5.32 Å². The van der Waals surface area contributed by atoms with E-state index in [2.05, 4.69) is 45.7 Å². The molecule has 1 aliphatic carbocycles. The van der Waals surface area contributed by atoms with Gasteiger partial charge in [-0.05, 0) is 62.6 Å². The van der Waals surface area contributed by atoms with Crippen molar-refractivity contribution < 1.29 is 4.79 Å². The van der Waals surface area contributed by atoms with Crippen molar-refractivity contribution in [3.05, 3.63) is 57.3 Å². The molecule has 1 fully saturated rings. The number of nitrogens with zero attached hydrogens (tertiary/aromatic N) is 2. The van der Waals surface area contributed by atoms with E-state index in [1.165, 1.54) is 31.4 Å². The smallest absolute Gasteiger partial charge is 0.266 e. The number of anilines is 1. The zero-order valence-electron chi connectivity index (χ0n) is 15.1. The zero-order chi connectivity index (χ0) is 18.7. The molecule has 0 bridgehead atoms. The Morgan fingerprint density at radius 2 is 2.04 bits per heavy atom. The first-order chi connectivity index (χ1) is 12.5. The van der Waals surface area contributed by atoms with Gasteiger partial charge in [-0.15, -0.1) is 0 Å². The van der Waals surface area contributed by atoms with Crippen LogP contribution in [0.3, 0.4) is 0 Å². The SMILES string of the molecule is Cc1cc(/C=C(/C#N)C(=O)Nc2cccc(Br)c2)c(C)n1C1CCCC1. The molecule has 0 spiro atoms. The van der Waals surface area contributed by atoms with Crippen LogP contribution in [0.25, 0.3) is 6.08 Å². The van der Waals surface area contributed by atoms with Gasteiger partial charge in [-0.2, -0.15) is 5.26 Å². The van der Waals surface area contributed by atoms with Crippen LogP contribution in [0.5, 0.6) is 0 Å². The predicted octanol–water partition coefficient (Wildman–Crippen LogP) is 5.53. The number of benzene rings is 1. The summed E-state index contributed by atoms with van der Waals surface area (Å²) in [5, 5.41) is 12.3. The first-order valence-electron chi connectivity index (χ1n) is 8.86. The summed E-state index contributed by atoms with van der Waals surface area (Å²) in [6.07, 6.45) is 6.64. The molecule has 1 amide bonds. The lowest BCUT2D eigenvalue weighted by molar-refractivity contribution is -0.112. The van der Waals surface area contributed by atoms with Crippen molar-refractivity contribution in [2.45, 2.75) is 45.6 Å². The Bertz CT molecular complexity index is 898. The van der Waals surface area contributed by atoms with Gasteiger partial charge in [0.25, 0.3) is 5.91 Å². The summed E-state index contributed by atoms with van der Waals surface area (Å²) in [5.74, 6) is -0.392. The molecule has 0 radical (unpaired) electrons. The maximum Gasteiger partial charge on any atom is 0.266 e. The molecule has 4 nitrogen and oxygen atoms in total. The van der Waals surface area contributed by atoms with Gasteiger partial charge in [-0.1, -0.05) is 34.8 Å². The van der Waals surface area contributed by atoms with Gasteiger partial charge in [0.2, 0.25) is 0 Å². The largest absolute Gasteiger partial charge is 0.346 e. The number of aryl methyl sites for hydroxylation is 1. The number of carbonyl (C=O) groups is 1. The van der Waals surface area contributed by atoms with Crippen LogP contribution in [0.4, 0.5) is 5.69 Å². The topological polar surface area (TPSA) is 57.8 Å². The van der Waals surface area contributed by atoms with Crippen molar-refractivity contribution in [2.75, 3.05) is 5.32 Å². The van der Waals surface area contributed by atoms with Gasteiger partial charge in [0.15, 0.2) is 0 Å². The first-order valence-corrected chi connectivity index (χ1v) is 9.66. The Kier molecular flexibility index (Phi) is 5.63. The molecular formula is C21H22BrN3O. The Morgan fingerprint density at radius 1 is 1.31 bits per heavy atom. The second kappa shape index (κ2) is 7.92. The van der Waals surface area contributed by atoms with Crippen LogP contribution in [-0.2, 0) is 4.79 Å². The molecule has 0 atom stereocenters. The lowest BCUT2D eigenvalue weighted by Gasteiger charge is -2.17. The van der Waals surface area contributed by atoms with Gasteiger partial charge in [0.1, 0.15) is 11.6 Å². The van der Waals surface area contributed by atoms with Crippen LogP contribution >= 0.6 is 15.9 Å². The molecule has 0 aliphatic heterocycles. The second-order valence-electron chi connectivity index (χ2n) is 6.77. The number of nitrogens with one attached hydrogen (secondary N) is 1. The normalized spacial score (nSPS) is 15.1. The molecule has 5 heteroatoms. The van der Waals surface area contributed by atoms with Gasteiger partial charge in [-0.25, -0.2) is 0 Å². The fraction of sp³-hybridized carbons (Fsp3) is 0.333. The van der Waals surface area contributed by atoms with Crippen molar-refractivity contribution in [3.8, 4) is 6.07 Å². The molecular weight excluding hydrogens is 390 g/mol. The highest BCUT2D eigenvalue weighted by molar-refractivity contribution is 9.10. The van der Waals surface area contributed by atoms with E-state index in [1.807, 2.05) is 18.2 Å². The molecule has 1 aliphatic rings. The van der Waals surface area contributed by atoms with Crippen LogP contribution in [0, 0.1) is 25.2 Å². The maximum atomic E-state index is 12.5. The standard InChI is InChI=1S/C21H22BrN3O/c1-14-10-16(15(2)25(14)20-8-3-4-9-20)11-17(13-23)21(26)24-19-7-5-6-18(22)12-19/h5-7,10-12,20H,3-4,8-9H2,1-2H3,(H,24,26)/b17-11-. The maximum absolute atomic E-state index is 12.5. The number of amides is 1. The first kappa shape index (κ1) is 18.5. The van der Waals surface area contributed by atoms with Gasteiger partial charge in [0.05, 0.1) is 0 Å². The summed E-state index contributed by atoms with van der Waals surface area (Å²) in [5.41, 5.74) is 4.01. The highest BCUT2D eigenvalue weighted by Gasteiger charge is 2.21. The molecule has 3 rings (SSSR count). The zero-order valence-corrected chi connectivity index (χ0v) is 16.6. The van der Waals surface area contributed by atoms with Crippen molar-refractivity contribution >= 4 is 33.6 Å². The van der Waals surface area contributed by atoms with E-state index in [0.717, 1.165) is 15.7 Å². The summed E-state index contributed by atoms with van der Waals surface area (Å²) in [4.78, 5) is 12.5. The van der Waals surface area contributed by atoms with E-state index < -0.39 is 5.91 Å². The van der Waals surface area contributed by atoms with Gasteiger partial charge in [0, 0.05) is 27.6 Å². The fourth-order valence-corrected chi connectivity index (χ4v) is 4.14. The van der Waals surface area contributed by atoms with E-state index in [4.69, 9.17) is 0 Å². The molecule has 0 unspecified atom stereocenters. The molecule has 1 aromatic heterocycles. The number of hydrogen-bond acceptors (Lipinski definition) is 2. The lowest BCUT2D eigenvalue weighted by atomic mass is 10.1. The predicted molar refractivity (Wildman–Crippen MR) is 108 cm³/mol. The summed E-state index contributed by atoms with van der Waals surface area (Å²) in [6, 6.07) is 12.0. The number of carbonyl (C=O) groups excluding carboxylic acids is 1. The number of hydrogen-bond donors (Lipinski definition) is 1. The molecule has 1 N–H and O–H groups in total. The number of rotatable bonds is 4. The van der Waals surface area contributed by atoms with Crippen molar-refractivity contribution in [1.82, 2.24) is 4.57 Å². The van der Waals surface area contributed by atoms with Crippen molar-refractivity contribution in [1.29, 1.82) is 5.26 Å². The van der Waals surface area contributed by atoms with E-state index in [0.29, 0.717) is 11.7 Å². The minimum Gasteiger partial charge on any atom is -0.346 e. The highest BCUT2D eigenvalue weighted by Crippen LogP contribution is 2.33. The molecule has 1 saturated carbocycles. The fourth-order valence-electron chi connectivity index (χ4n) is 3.74. The van der Waals surface area contributed by atoms with Gasteiger partial charge in [-0.3, -0.25) is 4.79 Å². The van der Waals surface area contributed by atoms with Gasteiger partial charge < -0.3 is 9.88 Å². The second-order valence-corrected chi connectivity index (χ2v) is 7.68. The molecule has 1 aromatic carbocycles. The Balaban J connectivity index is 1.86. The molecule has 0 saturated heterocycles. The lowest BCUT2D eigenvalue weighted by Crippen LogP contribution is -2.13. The Hall–Kier alpha value is -2.32. The van der Waals surface area contributed by atoms with E-state index in [1.54, 1.807) is 18.2 Å². The summed E-state index contributed by atoms with van der Waals surface area (Å²) in [6.45, 7) is 4.16. The summed E-state index contributed by atoms with van der Waals surface area (Å²) < 4.78 is 3.23. The van der Waals surface area contributed by atoms with Crippen LogP contribution in [0.2, 0.25) is 0 Å². The monoisotopic (exact) mass is 411 g/mol. The quantitative estimate of drug-likeness (QED) is 0.530. The minimum absolute atomic E-state index is 0.108. The van der Waals surface area contributed by atoms with E-state index in [9.17, 15) is 10.1 Å². The summed E-state index contributed by atoms with van der Waals surface area (Å²) in [7, 11) is 0. The third-order valence-electron chi connectivity index (χ3n) is 4.96. The van der Waals surface area contributed by atoms with Crippen LogP contribution in [0.1, 0.15) is 48.7 Å². The minimum atomic E-state index is -0.392. The Labute approximate surface area is 162 Å². The van der Waals surface area contributed by atoms with Gasteiger partial charge >= 0.3 is 0 Å². The third-order valence-corrected chi connectivity index (χ3v) is 5.45. The highest BCUT2D eigenvalue weighted by atomic mass is 79.9. The Morgan fingerprint density at radius 3 is 2.69 bits per heavy atom. The average molecular weight is 412 g/mol. The molecule has 1 heterocycles. The molecule has 134 valence electrons. The number of halogens is 1. The molecule has 2 aromatic rings. The van der Waals surface area contributed by atoms with Crippen molar-refractivity contribution in [3.63, 3.8) is 0 Å². The average Bonchev–Trinajstić information content (AvgIpc) is 3.20. The van der Waals surface area contributed by atoms with E-state index >= 15 is 0 Å². The number of aromatic nitrogens is 1. The number of nitriles is 1. The third kappa shape index (κ3) is 3.91. The molecule has 26 heavy (non-hydrogen) atoms. The van der Waals surface area contributed by atoms with Crippen LogP contribution in [0.15, 0.2) is 40.4 Å². The van der Waals surface area contributed by atoms with Crippen molar-refractivity contribution in [2.24, 2.45) is 0 Å². The summed E-state index contributed by atoms with van der Waals surface area (Å²) >= 11 is 3.38. The van der Waals surface area contributed by atoms with Crippen LogP contribution in [-0.4, -0.2) is 10.5 Å². The van der Waals surface area contributed by atoms with E-state index in [-0.39, 0.29) is 5.57 Å².